The fourth-order valence-corrected chi connectivity index (χ4v) is 4.76. The fourth-order valence-electron chi connectivity index (χ4n) is 4.04. The highest BCUT2D eigenvalue weighted by atomic mass is 32.2. The van der Waals surface area contributed by atoms with Gasteiger partial charge in [-0.1, -0.05) is 49.4 Å². The van der Waals surface area contributed by atoms with E-state index in [-0.39, 0.29) is 17.9 Å². The van der Waals surface area contributed by atoms with Crippen LogP contribution in [0.2, 0.25) is 0 Å². The molecule has 0 aliphatic carbocycles. The van der Waals surface area contributed by atoms with Gasteiger partial charge < -0.3 is 15.5 Å². The average Bonchev–Trinajstić information content (AvgIpc) is 2.87. The van der Waals surface area contributed by atoms with E-state index < -0.39 is 0 Å². The van der Waals surface area contributed by atoms with E-state index in [2.05, 4.69) is 46.7 Å². The quantitative estimate of drug-likeness (QED) is 0.424. The number of amides is 2. The molecular weight excluding hydrogens is 442 g/mol. The maximum Gasteiger partial charge on any atom is 0.253 e. The van der Waals surface area contributed by atoms with Gasteiger partial charge in [0.25, 0.3) is 5.91 Å². The van der Waals surface area contributed by atoms with Gasteiger partial charge in [0.05, 0.1) is 11.3 Å². The van der Waals surface area contributed by atoms with Crippen molar-refractivity contribution in [1.82, 2.24) is 5.32 Å². The predicted octanol–water partition coefficient (Wildman–Crippen LogP) is 5.51. The lowest BCUT2D eigenvalue weighted by Crippen LogP contribution is -2.35. The van der Waals surface area contributed by atoms with E-state index in [1.807, 2.05) is 49.4 Å². The number of carbonyl (C=O) groups excluding carboxylic acids is 2. The second-order valence-corrected chi connectivity index (χ2v) is 9.65. The number of fused-ring (bicyclic) bond motifs is 1. The van der Waals surface area contributed by atoms with Gasteiger partial charge in [0.15, 0.2) is 0 Å². The van der Waals surface area contributed by atoms with Crippen molar-refractivity contribution in [3.8, 4) is 0 Å². The van der Waals surface area contributed by atoms with Gasteiger partial charge >= 0.3 is 0 Å². The number of thioether (sulfide) groups is 1. The lowest BCUT2D eigenvalue weighted by molar-refractivity contribution is -0.113. The summed E-state index contributed by atoms with van der Waals surface area (Å²) in [5, 5.41) is 6.05. The van der Waals surface area contributed by atoms with Crippen molar-refractivity contribution in [1.29, 1.82) is 0 Å². The molecule has 0 saturated carbocycles. The molecule has 176 valence electrons. The van der Waals surface area contributed by atoms with Crippen LogP contribution in [0.1, 0.15) is 41.8 Å². The van der Waals surface area contributed by atoms with Crippen LogP contribution in [-0.4, -0.2) is 30.2 Å². The van der Waals surface area contributed by atoms with Crippen LogP contribution >= 0.6 is 11.8 Å². The molecule has 0 fully saturated rings. The second-order valence-electron chi connectivity index (χ2n) is 8.60. The summed E-state index contributed by atoms with van der Waals surface area (Å²) in [4.78, 5) is 29.1. The van der Waals surface area contributed by atoms with Gasteiger partial charge in [0, 0.05) is 35.4 Å². The Labute approximate surface area is 205 Å². The molecule has 1 atom stereocenters. The zero-order chi connectivity index (χ0) is 23.9. The third-order valence-electron chi connectivity index (χ3n) is 6.10. The van der Waals surface area contributed by atoms with E-state index in [1.165, 1.54) is 22.9 Å². The highest BCUT2D eigenvalue weighted by Crippen LogP contribution is 2.30. The second kappa shape index (κ2) is 11.3. The third kappa shape index (κ3) is 6.00. The van der Waals surface area contributed by atoms with E-state index in [9.17, 15) is 9.59 Å². The molecule has 2 N–H and O–H groups in total. The highest BCUT2D eigenvalue weighted by molar-refractivity contribution is 8.00. The Kier molecular flexibility index (Phi) is 7.91. The summed E-state index contributed by atoms with van der Waals surface area (Å²) in [5.74, 6) is 0.100. The summed E-state index contributed by atoms with van der Waals surface area (Å²) in [6.45, 7) is 5.66. The number of anilines is 2. The van der Waals surface area contributed by atoms with E-state index in [4.69, 9.17) is 0 Å². The van der Waals surface area contributed by atoms with E-state index in [1.54, 1.807) is 6.07 Å². The smallest absolute Gasteiger partial charge is 0.253 e. The molecule has 6 heteroatoms. The zero-order valence-electron chi connectivity index (χ0n) is 19.7. The van der Waals surface area contributed by atoms with Crippen LogP contribution in [0.25, 0.3) is 0 Å². The molecule has 0 spiro atoms. The Morgan fingerprint density at radius 1 is 1.00 bits per heavy atom. The molecule has 1 heterocycles. The van der Waals surface area contributed by atoms with Gasteiger partial charge in [-0.3, -0.25) is 9.59 Å². The summed E-state index contributed by atoms with van der Waals surface area (Å²) in [6.07, 6.45) is 1.79. The van der Waals surface area contributed by atoms with Crippen LogP contribution in [-0.2, 0) is 17.8 Å². The molecule has 2 amide bonds. The monoisotopic (exact) mass is 473 g/mol. The molecule has 3 aromatic rings. The number of carbonyl (C=O) groups is 2. The lowest BCUT2D eigenvalue weighted by atomic mass is 9.98. The molecule has 3 aromatic carbocycles. The predicted molar refractivity (Wildman–Crippen MR) is 141 cm³/mol. The molecule has 1 aliphatic rings. The molecule has 34 heavy (non-hydrogen) atoms. The average molecular weight is 474 g/mol. The maximum absolute atomic E-state index is 13.2. The van der Waals surface area contributed by atoms with E-state index in [0.29, 0.717) is 17.0 Å². The standard InChI is InChI=1S/C28H31N3O2S/c1-3-20(2)29-28(33)25-17-23(30-27(32)19-34-24-11-5-4-6-12-24)13-14-26(25)31-16-15-21-9-7-8-10-22(21)18-31/h4-14,17,20H,3,15-16,18-19H2,1-2H3,(H,29,33)(H,30,32). The Hall–Kier alpha value is -3.25. The minimum Gasteiger partial charge on any atom is -0.366 e. The van der Waals surface area contributed by atoms with Gasteiger partial charge in [-0.2, -0.15) is 0 Å². The van der Waals surface area contributed by atoms with Gasteiger partial charge in [0.2, 0.25) is 5.91 Å². The topological polar surface area (TPSA) is 61.4 Å². The van der Waals surface area contributed by atoms with Crippen LogP contribution in [0, 0.1) is 0 Å². The minimum absolute atomic E-state index is 0.0722. The molecule has 4 rings (SSSR count). The lowest BCUT2D eigenvalue weighted by Gasteiger charge is -2.32. The first-order chi connectivity index (χ1) is 16.5. The molecule has 0 aromatic heterocycles. The number of nitrogens with zero attached hydrogens (tertiary/aromatic N) is 1. The maximum atomic E-state index is 13.2. The first-order valence-electron chi connectivity index (χ1n) is 11.8. The summed E-state index contributed by atoms with van der Waals surface area (Å²) >= 11 is 1.49. The van der Waals surface area contributed by atoms with Crippen molar-refractivity contribution < 1.29 is 9.59 Å². The fraction of sp³-hybridized carbons (Fsp3) is 0.286. The Morgan fingerprint density at radius 3 is 2.50 bits per heavy atom. The van der Waals surface area contributed by atoms with Crippen molar-refractivity contribution >= 4 is 35.0 Å². The summed E-state index contributed by atoms with van der Waals surface area (Å²) in [5.41, 5.74) is 4.77. The Balaban J connectivity index is 1.53. The van der Waals surface area contributed by atoms with E-state index in [0.717, 1.165) is 36.5 Å². The SMILES string of the molecule is CCC(C)NC(=O)c1cc(NC(=O)CSc2ccccc2)ccc1N1CCc2ccccc2C1. The van der Waals surface area contributed by atoms with Gasteiger partial charge in [0.1, 0.15) is 0 Å². The van der Waals surface area contributed by atoms with Gasteiger partial charge in [-0.25, -0.2) is 0 Å². The summed E-state index contributed by atoms with van der Waals surface area (Å²) in [6, 6.07) is 24.0. The van der Waals surface area contributed by atoms with Crippen molar-refractivity contribution in [3.63, 3.8) is 0 Å². The van der Waals surface area contributed by atoms with Crippen molar-refractivity contribution in [2.45, 2.75) is 44.2 Å². The van der Waals surface area contributed by atoms with Crippen LogP contribution in [0.5, 0.6) is 0 Å². The largest absolute Gasteiger partial charge is 0.366 e. The Morgan fingerprint density at radius 2 is 1.74 bits per heavy atom. The van der Waals surface area contributed by atoms with Gasteiger partial charge in [-0.05, 0) is 61.2 Å². The summed E-state index contributed by atoms with van der Waals surface area (Å²) < 4.78 is 0. The highest BCUT2D eigenvalue weighted by Gasteiger charge is 2.22. The number of nitrogens with one attached hydrogen (secondary N) is 2. The van der Waals surface area contributed by atoms with Crippen LogP contribution in [0.15, 0.2) is 77.7 Å². The molecule has 0 saturated heterocycles. The van der Waals surface area contributed by atoms with Crippen LogP contribution in [0.3, 0.4) is 0 Å². The molecule has 1 unspecified atom stereocenters. The third-order valence-corrected chi connectivity index (χ3v) is 7.11. The Bertz CT molecular complexity index is 1150. The van der Waals surface area contributed by atoms with E-state index >= 15 is 0 Å². The molecule has 5 nitrogen and oxygen atoms in total. The molecule has 1 aliphatic heterocycles. The van der Waals surface area contributed by atoms with Crippen LogP contribution in [0.4, 0.5) is 11.4 Å². The number of hydrogen-bond donors (Lipinski definition) is 2. The van der Waals surface area contributed by atoms with Crippen LogP contribution < -0.4 is 15.5 Å². The number of hydrogen-bond acceptors (Lipinski definition) is 4. The minimum atomic E-state index is -0.113. The van der Waals surface area contributed by atoms with Crippen molar-refractivity contribution in [2.24, 2.45) is 0 Å². The molecular formula is C28H31N3O2S. The molecule has 0 bridgehead atoms. The zero-order valence-corrected chi connectivity index (χ0v) is 20.5. The van der Waals surface area contributed by atoms with Crippen molar-refractivity contribution in [2.75, 3.05) is 22.5 Å². The summed E-state index contributed by atoms with van der Waals surface area (Å²) in [7, 11) is 0. The number of benzene rings is 3. The first-order valence-corrected chi connectivity index (χ1v) is 12.8. The molecule has 0 radical (unpaired) electrons. The number of rotatable bonds is 8. The van der Waals surface area contributed by atoms with Crippen molar-refractivity contribution in [3.05, 3.63) is 89.5 Å². The first kappa shape index (κ1) is 23.9. The van der Waals surface area contributed by atoms with Gasteiger partial charge in [-0.15, -0.1) is 11.8 Å². The normalized spacial score (nSPS) is 13.6.